The highest BCUT2D eigenvalue weighted by Gasteiger charge is 2.08. The fourth-order valence-corrected chi connectivity index (χ4v) is 1.85. The van der Waals surface area contributed by atoms with Gasteiger partial charge in [-0.3, -0.25) is 0 Å². The Morgan fingerprint density at radius 3 is 2.50 bits per heavy atom. The van der Waals surface area contributed by atoms with Crippen LogP contribution in [0.5, 0.6) is 17.4 Å². The lowest BCUT2D eigenvalue weighted by Crippen LogP contribution is -1.99. The maximum Gasteiger partial charge on any atom is 0.238 e. The standard InChI is InChI=1S/C15H17ClN2O2/c1-2-9-19-12-3-5-13(6-4-12)20-15-14(16)11(10-17)7-8-18-15/h3-8H,2,9-10,17H2,1H3. The van der Waals surface area contributed by atoms with E-state index in [1.807, 2.05) is 24.3 Å². The average molecular weight is 293 g/mol. The molecule has 20 heavy (non-hydrogen) atoms. The molecule has 2 aromatic rings. The molecule has 0 amide bonds. The van der Waals surface area contributed by atoms with Crippen LogP contribution in [0.2, 0.25) is 5.02 Å². The second-order valence-electron chi connectivity index (χ2n) is 4.22. The summed E-state index contributed by atoms with van der Waals surface area (Å²) in [5.41, 5.74) is 6.40. The van der Waals surface area contributed by atoms with Gasteiger partial charge in [0.15, 0.2) is 0 Å². The Labute approximate surface area is 123 Å². The van der Waals surface area contributed by atoms with Gasteiger partial charge >= 0.3 is 0 Å². The van der Waals surface area contributed by atoms with Gasteiger partial charge in [0.05, 0.1) is 6.61 Å². The number of aromatic nitrogens is 1. The van der Waals surface area contributed by atoms with E-state index < -0.39 is 0 Å². The molecular formula is C15H17ClN2O2. The lowest BCUT2D eigenvalue weighted by molar-refractivity contribution is 0.317. The summed E-state index contributed by atoms with van der Waals surface area (Å²) in [4.78, 5) is 4.11. The van der Waals surface area contributed by atoms with Crippen LogP contribution in [0.1, 0.15) is 18.9 Å². The zero-order valence-electron chi connectivity index (χ0n) is 11.3. The van der Waals surface area contributed by atoms with Gasteiger partial charge in [-0.05, 0) is 42.3 Å². The van der Waals surface area contributed by atoms with Crippen LogP contribution in [-0.4, -0.2) is 11.6 Å². The highest BCUT2D eigenvalue weighted by atomic mass is 35.5. The average Bonchev–Trinajstić information content (AvgIpc) is 2.48. The first kappa shape index (κ1) is 14.6. The van der Waals surface area contributed by atoms with Crippen molar-refractivity contribution in [2.45, 2.75) is 19.9 Å². The number of halogens is 1. The van der Waals surface area contributed by atoms with Crippen molar-refractivity contribution in [3.63, 3.8) is 0 Å². The van der Waals surface area contributed by atoms with E-state index in [1.165, 1.54) is 0 Å². The third kappa shape index (κ3) is 3.62. The molecule has 2 N–H and O–H groups in total. The van der Waals surface area contributed by atoms with Crippen LogP contribution in [0, 0.1) is 0 Å². The predicted molar refractivity (Wildman–Crippen MR) is 79.4 cm³/mol. The highest BCUT2D eigenvalue weighted by Crippen LogP contribution is 2.30. The molecule has 5 heteroatoms. The van der Waals surface area contributed by atoms with Crippen LogP contribution < -0.4 is 15.2 Å². The van der Waals surface area contributed by atoms with Gasteiger partial charge in [-0.25, -0.2) is 4.98 Å². The molecule has 106 valence electrons. The van der Waals surface area contributed by atoms with Crippen molar-refractivity contribution in [2.75, 3.05) is 6.61 Å². The molecule has 2 rings (SSSR count). The lowest BCUT2D eigenvalue weighted by atomic mass is 10.2. The molecule has 1 aromatic heterocycles. The maximum atomic E-state index is 6.17. The van der Waals surface area contributed by atoms with Crippen molar-refractivity contribution in [1.82, 2.24) is 4.98 Å². The number of nitrogens with two attached hydrogens (primary N) is 1. The molecule has 0 unspecified atom stereocenters. The molecule has 1 heterocycles. The van der Waals surface area contributed by atoms with Crippen molar-refractivity contribution in [3.05, 3.63) is 47.1 Å². The van der Waals surface area contributed by atoms with Crippen LogP contribution >= 0.6 is 11.6 Å². The first-order chi connectivity index (χ1) is 9.74. The quantitative estimate of drug-likeness (QED) is 0.880. The van der Waals surface area contributed by atoms with Crippen molar-refractivity contribution >= 4 is 11.6 Å². The van der Waals surface area contributed by atoms with Crippen molar-refractivity contribution in [2.24, 2.45) is 5.73 Å². The van der Waals surface area contributed by atoms with E-state index in [2.05, 4.69) is 11.9 Å². The monoisotopic (exact) mass is 292 g/mol. The van der Waals surface area contributed by atoms with Gasteiger partial charge in [-0.1, -0.05) is 18.5 Å². The maximum absolute atomic E-state index is 6.17. The molecule has 0 bridgehead atoms. The van der Waals surface area contributed by atoms with Gasteiger partial charge in [-0.2, -0.15) is 0 Å². The number of pyridine rings is 1. The van der Waals surface area contributed by atoms with E-state index in [0.29, 0.717) is 29.8 Å². The molecule has 0 aliphatic carbocycles. The van der Waals surface area contributed by atoms with E-state index in [4.69, 9.17) is 26.8 Å². The first-order valence-corrected chi connectivity index (χ1v) is 6.86. The van der Waals surface area contributed by atoms with Crippen LogP contribution in [0.25, 0.3) is 0 Å². The zero-order chi connectivity index (χ0) is 14.4. The van der Waals surface area contributed by atoms with Gasteiger partial charge in [0.1, 0.15) is 16.5 Å². The number of hydrogen-bond donors (Lipinski definition) is 1. The van der Waals surface area contributed by atoms with Crippen LogP contribution in [0.4, 0.5) is 0 Å². The molecule has 4 nitrogen and oxygen atoms in total. The number of ether oxygens (including phenoxy) is 2. The summed E-state index contributed by atoms with van der Waals surface area (Å²) in [6, 6.07) is 9.12. The Morgan fingerprint density at radius 1 is 1.15 bits per heavy atom. The van der Waals surface area contributed by atoms with Gasteiger partial charge < -0.3 is 15.2 Å². The molecule has 0 aliphatic heterocycles. The van der Waals surface area contributed by atoms with Gasteiger partial charge in [0, 0.05) is 12.7 Å². The molecular weight excluding hydrogens is 276 g/mol. The fraction of sp³-hybridized carbons (Fsp3) is 0.267. The van der Waals surface area contributed by atoms with Crippen LogP contribution in [-0.2, 0) is 6.54 Å². The fourth-order valence-electron chi connectivity index (χ4n) is 1.63. The third-order valence-electron chi connectivity index (χ3n) is 2.67. The van der Waals surface area contributed by atoms with E-state index in [9.17, 15) is 0 Å². The Bertz CT molecular complexity index is 558. The number of hydrogen-bond acceptors (Lipinski definition) is 4. The third-order valence-corrected chi connectivity index (χ3v) is 3.07. The molecule has 0 aliphatic rings. The minimum absolute atomic E-state index is 0.349. The Kier molecular flexibility index (Phi) is 5.21. The molecule has 0 saturated carbocycles. The summed E-state index contributed by atoms with van der Waals surface area (Å²) in [7, 11) is 0. The summed E-state index contributed by atoms with van der Waals surface area (Å²) < 4.78 is 11.2. The largest absolute Gasteiger partial charge is 0.494 e. The van der Waals surface area contributed by atoms with Crippen LogP contribution in [0.3, 0.4) is 0 Å². The smallest absolute Gasteiger partial charge is 0.238 e. The Balaban J connectivity index is 2.10. The molecule has 0 atom stereocenters. The number of nitrogens with zero attached hydrogens (tertiary/aromatic N) is 1. The molecule has 0 spiro atoms. The van der Waals surface area contributed by atoms with Crippen molar-refractivity contribution in [3.8, 4) is 17.4 Å². The van der Waals surface area contributed by atoms with Gasteiger partial charge in [0.2, 0.25) is 5.88 Å². The van der Waals surface area contributed by atoms with Crippen molar-refractivity contribution in [1.29, 1.82) is 0 Å². The normalized spacial score (nSPS) is 10.3. The lowest BCUT2D eigenvalue weighted by Gasteiger charge is -2.09. The second kappa shape index (κ2) is 7.12. The van der Waals surface area contributed by atoms with Crippen LogP contribution in [0.15, 0.2) is 36.5 Å². The Hall–Kier alpha value is -1.78. The predicted octanol–water partition coefficient (Wildman–Crippen LogP) is 3.77. The topological polar surface area (TPSA) is 57.4 Å². The summed E-state index contributed by atoms with van der Waals surface area (Å²) in [6.07, 6.45) is 2.60. The van der Waals surface area contributed by atoms with E-state index in [0.717, 1.165) is 17.7 Å². The van der Waals surface area contributed by atoms with E-state index >= 15 is 0 Å². The van der Waals surface area contributed by atoms with Gasteiger partial charge in [0.25, 0.3) is 0 Å². The zero-order valence-corrected chi connectivity index (χ0v) is 12.1. The molecule has 0 saturated heterocycles. The number of benzene rings is 1. The first-order valence-electron chi connectivity index (χ1n) is 6.48. The minimum atomic E-state index is 0.349. The Morgan fingerprint density at radius 2 is 1.85 bits per heavy atom. The SMILES string of the molecule is CCCOc1ccc(Oc2nccc(CN)c2Cl)cc1. The summed E-state index contributed by atoms with van der Waals surface area (Å²) in [5.74, 6) is 1.82. The molecule has 1 aromatic carbocycles. The summed E-state index contributed by atoms with van der Waals surface area (Å²) >= 11 is 6.17. The van der Waals surface area contributed by atoms with E-state index in [-0.39, 0.29) is 0 Å². The van der Waals surface area contributed by atoms with E-state index in [1.54, 1.807) is 12.3 Å². The molecule has 0 radical (unpaired) electrons. The number of rotatable bonds is 6. The second-order valence-corrected chi connectivity index (χ2v) is 4.59. The van der Waals surface area contributed by atoms with Gasteiger partial charge in [-0.15, -0.1) is 0 Å². The minimum Gasteiger partial charge on any atom is -0.494 e. The molecule has 0 fully saturated rings. The highest BCUT2D eigenvalue weighted by molar-refractivity contribution is 6.32. The van der Waals surface area contributed by atoms with Crippen molar-refractivity contribution < 1.29 is 9.47 Å². The summed E-state index contributed by atoms with van der Waals surface area (Å²) in [6.45, 7) is 3.11. The summed E-state index contributed by atoms with van der Waals surface area (Å²) in [5, 5.41) is 0.446.